The Morgan fingerprint density at radius 3 is 2.18 bits per heavy atom. The lowest BCUT2D eigenvalue weighted by Crippen LogP contribution is -2.38. The first-order chi connectivity index (χ1) is 18.5. The van der Waals surface area contributed by atoms with E-state index in [0.717, 1.165) is 47.7 Å². The maximum absolute atomic E-state index is 13.7. The molecular weight excluding hydrogens is 474 g/mol. The first-order valence-electron chi connectivity index (χ1n) is 13.2. The second kappa shape index (κ2) is 11.0. The Morgan fingerprint density at radius 2 is 1.53 bits per heavy atom. The van der Waals surface area contributed by atoms with Crippen molar-refractivity contribution in [3.05, 3.63) is 107 Å². The molecule has 0 saturated heterocycles. The summed E-state index contributed by atoms with van der Waals surface area (Å²) in [5.74, 6) is -1.73. The Hall–Kier alpha value is -4.32. The van der Waals surface area contributed by atoms with Gasteiger partial charge in [0.15, 0.2) is 0 Å². The molecule has 3 amide bonds. The Labute approximate surface area is 222 Å². The summed E-state index contributed by atoms with van der Waals surface area (Å²) in [6.45, 7) is 4.20. The van der Waals surface area contributed by atoms with E-state index in [4.69, 9.17) is 0 Å². The zero-order chi connectivity index (χ0) is 26.6. The van der Waals surface area contributed by atoms with E-state index in [9.17, 15) is 14.4 Å². The molecule has 6 heteroatoms. The molecule has 2 heterocycles. The van der Waals surface area contributed by atoms with Crippen LogP contribution in [0.1, 0.15) is 70.1 Å². The molecule has 38 heavy (non-hydrogen) atoms. The summed E-state index contributed by atoms with van der Waals surface area (Å²) in [4.78, 5) is 45.6. The van der Waals surface area contributed by atoms with Gasteiger partial charge >= 0.3 is 0 Å². The van der Waals surface area contributed by atoms with Crippen molar-refractivity contribution in [2.75, 3.05) is 11.9 Å². The van der Waals surface area contributed by atoms with E-state index in [2.05, 4.69) is 30.2 Å². The predicted octanol–water partition coefficient (Wildman–Crippen LogP) is 6.16. The average Bonchev–Trinajstić information content (AvgIpc) is 3.17. The summed E-state index contributed by atoms with van der Waals surface area (Å²) in [6.07, 6.45) is 5.72. The molecule has 5 rings (SSSR count). The standard InChI is InChI=1S/C32H31N3O3/c1-3-7-21-11-13-22(14-12-21)29(20-35-31(37)27-9-5-6-10-28(27)32(35)38)30(36)34-26-16-15-23-19-33-25(8-4-2)17-24(23)18-26/h5-6,9-19,29H,3-4,7-8,20H2,1-2H3,(H,34,36). The maximum Gasteiger partial charge on any atom is 0.261 e. The number of hydrogen-bond donors (Lipinski definition) is 1. The van der Waals surface area contributed by atoms with E-state index < -0.39 is 5.92 Å². The maximum atomic E-state index is 13.7. The lowest BCUT2D eigenvalue weighted by Gasteiger charge is -2.23. The van der Waals surface area contributed by atoms with Crippen LogP contribution in [0, 0.1) is 0 Å². The number of carbonyl (C=O) groups excluding carboxylic acids is 3. The van der Waals surface area contributed by atoms with Gasteiger partial charge in [0.05, 0.1) is 17.0 Å². The molecule has 0 saturated carbocycles. The van der Waals surface area contributed by atoms with Gasteiger partial charge in [-0.1, -0.05) is 69.2 Å². The molecule has 192 valence electrons. The van der Waals surface area contributed by atoms with Crippen molar-refractivity contribution >= 4 is 34.2 Å². The largest absolute Gasteiger partial charge is 0.325 e. The van der Waals surface area contributed by atoms with Crippen LogP contribution in [-0.4, -0.2) is 34.2 Å². The fraction of sp³-hybridized carbons (Fsp3) is 0.250. The molecule has 6 nitrogen and oxygen atoms in total. The molecule has 1 unspecified atom stereocenters. The number of fused-ring (bicyclic) bond motifs is 2. The minimum absolute atomic E-state index is 0.0382. The minimum atomic E-state index is -0.725. The number of aryl methyl sites for hydroxylation is 2. The highest BCUT2D eigenvalue weighted by Gasteiger charge is 2.38. The zero-order valence-electron chi connectivity index (χ0n) is 21.7. The smallest absolute Gasteiger partial charge is 0.261 e. The quantitative estimate of drug-likeness (QED) is 0.276. The molecule has 1 N–H and O–H groups in total. The molecule has 0 spiro atoms. The van der Waals surface area contributed by atoms with E-state index >= 15 is 0 Å². The third-order valence-corrected chi connectivity index (χ3v) is 7.03. The monoisotopic (exact) mass is 505 g/mol. The number of rotatable bonds is 9. The van der Waals surface area contributed by atoms with Crippen LogP contribution in [0.2, 0.25) is 0 Å². The van der Waals surface area contributed by atoms with Gasteiger partial charge in [0, 0.05) is 29.5 Å². The number of pyridine rings is 1. The number of carbonyl (C=O) groups is 3. The third kappa shape index (κ3) is 5.07. The number of imide groups is 1. The zero-order valence-corrected chi connectivity index (χ0v) is 21.7. The van der Waals surface area contributed by atoms with E-state index in [1.54, 1.807) is 24.3 Å². The highest BCUT2D eigenvalue weighted by molar-refractivity contribution is 6.21. The number of aromatic nitrogens is 1. The summed E-state index contributed by atoms with van der Waals surface area (Å²) in [6, 6.07) is 22.5. The van der Waals surface area contributed by atoms with Crippen molar-refractivity contribution in [2.24, 2.45) is 0 Å². The van der Waals surface area contributed by atoms with Gasteiger partial charge in [-0.15, -0.1) is 0 Å². The Balaban J connectivity index is 1.44. The molecule has 1 aromatic heterocycles. The van der Waals surface area contributed by atoms with E-state index in [0.29, 0.717) is 16.8 Å². The fourth-order valence-electron chi connectivity index (χ4n) is 5.02. The van der Waals surface area contributed by atoms with Gasteiger partial charge in [0.1, 0.15) is 0 Å². The van der Waals surface area contributed by atoms with Crippen molar-refractivity contribution in [2.45, 2.75) is 45.4 Å². The van der Waals surface area contributed by atoms with Crippen molar-refractivity contribution in [1.82, 2.24) is 9.88 Å². The number of nitrogens with zero attached hydrogens (tertiary/aromatic N) is 2. The molecule has 1 atom stereocenters. The van der Waals surface area contributed by atoms with Crippen LogP contribution in [0.4, 0.5) is 5.69 Å². The van der Waals surface area contributed by atoms with Crippen LogP contribution < -0.4 is 5.32 Å². The SMILES string of the molecule is CCCc1ccc(C(CN2C(=O)c3ccccc3C2=O)C(=O)Nc2ccc3cnc(CCC)cc3c2)cc1. The minimum Gasteiger partial charge on any atom is -0.325 e. The first kappa shape index (κ1) is 25.3. The number of anilines is 1. The van der Waals surface area contributed by atoms with Crippen LogP contribution >= 0.6 is 0 Å². The van der Waals surface area contributed by atoms with Crippen molar-refractivity contribution in [3.8, 4) is 0 Å². The lowest BCUT2D eigenvalue weighted by molar-refractivity contribution is -0.117. The second-order valence-electron chi connectivity index (χ2n) is 9.79. The van der Waals surface area contributed by atoms with Crippen molar-refractivity contribution in [3.63, 3.8) is 0 Å². The van der Waals surface area contributed by atoms with Gasteiger partial charge < -0.3 is 5.32 Å². The highest BCUT2D eigenvalue weighted by Crippen LogP contribution is 2.28. The topological polar surface area (TPSA) is 79.4 Å². The van der Waals surface area contributed by atoms with Crippen LogP contribution in [-0.2, 0) is 17.6 Å². The van der Waals surface area contributed by atoms with Gasteiger partial charge in [0.25, 0.3) is 11.8 Å². The fourth-order valence-corrected chi connectivity index (χ4v) is 5.02. The number of amides is 3. The Kier molecular flexibility index (Phi) is 7.31. The summed E-state index contributed by atoms with van der Waals surface area (Å²) < 4.78 is 0. The number of nitrogens with one attached hydrogen (secondary N) is 1. The van der Waals surface area contributed by atoms with E-state index in [1.165, 1.54) is 10.5 Å². The summed E-state index contributed by atoms with van der Waals surface area (Å²) in [5.41, 5.74) is 4.36. The van der Waals surface area contributed by atoms with Crippen LogP contribution in [0.25, 0.3) is 10.8 Å². The molecule has 4 aromatic rings. The molecule has 3 aromatic carbocycles. The average molecular weight is 506 g/mol. The van der Waals surface area contributed by atoms with Gasteiger partial charge in [0.2, 0.25) is 5.91 Å². The van der Waals surface area contributed by atoms with Gasteiger partial charge in [-0.25, -0.2) is 0 Å². The number of benzene rings is 3. The highest BCUT2D eigenvalue weighted by atomic mass is 16.2. The van der Waals surface area contributed by atoms with Crippen LogP contribution in [0.3, 0.4) is 0 Å². The van der Waals surface area contributed by atoms with Gasteiger partial charge in [-0.05, 0) is 59.7 Å². The molecule has 1 aliphatic heterocycles. The Bertz CT molecular complexity index is 1480. The lowest BCUT2D eigenvalue weighted by atomic mass is 9.95. The van der Waals surface area contributed by atoms with Gasteiger partial charge in [-0.3, -0.25) is 24.3 Å². The molecular formula is C32H31N3O3. The molecule has 0 fully saturated rings. The van der Waals surface area contributed by atoms with Crippen molar-refractivity contribution < 1.29 is 14.4 Å². The molecule has 0 bridgehead atoms. The van der Waals surface area contributed by atoms with E-state index in [1.807, 2.05) is 48.7 Å². The second-order valence-corrected chi connectivity index (χ2v) is 9.79. The van der Waals surface area contributed by atoms with Crippen LogP contribution in [0.15, 0.2) is 79.0 Å². The first-order valence-corrected chi connectivity index (χ1v) is 13.2. The molecule has 1 aliphatic rings. The van der Waals surface area contributed by atoms with E-state index in [-0.39, 0.29) is 24.3 Å². The Morgan fingerprint density at radius 1 is 0.842 bits per heavy atom. The number of hydrogen-bond acceptors (Lipinski definition) is 4. The third-order valence-electron chi connectivity index (χ3n) is 7.03. The normalized spacial score (nSPS) is 13.6. The van der Waals surface area contributed by atoms with Crippen molar-refractivity contribution in [1.29, 1.82) is 0 Å². The van der Waals surface area contributed by atoms with Gasteiger partial charge in [-0.2, -0.15) is 0 Å². The predicted molar refractivity (Wildman–Crippen MR) is 149 cm³/mol. The summed E-state index contributed by atoms with van der Waals surface area (Å²) in [5, 5.41) is 5.04. The summed E-state index contributed by atoms with van der Waals surface area (Å²) in [7, 11) is 0. The van der Waals surface area contributed by atoms with Crippen LogP contribution in [0.5, 0.6) is 0 Å². The molecule has 0 radical (unpaired) electrons. The summed E-state index contributed by atoms with van der Waals surface area (Å²) >= 11 is 0. The molecule has 0 aliphatic carbocycles.